The molecule has 2 aliphatic heterocycles. The van der Waals surface area contributed by atoms with Crippen LogP contribution in [0, 0.1) is 0 Å². The van der Waals surface area contributed by atoms with Gasteiger partial charge in [-0.1, -0.05) is 127 Å². The second-order valence-electron chi connectivity index (χ2n) is 18.8. The predicted molar refractivity (Wildman–Crippen MR) is 278 cm³/mol. The van der Waals surface area contributed by atoms with Crippen LogP contribution in [0.5, 0.6) is 11.5 Å². The van der Waals surface area contributed by atoms with Gasteiger partial charge in [-0.2, -0.15) is 0 Å². The Hall–Kier alpha value is -5.44. The van der Waals surface area contributed by atoms with Crippen LogP contribution in [0.1, 0.15) is 150 Å². The molecule has 362 valence electrons. The van der Waals surface area contributed by atoms with Crippen LogP contribution in [0.2, 0.25) is 0 Å². The van der Waals surface area contributed by atoms with Gasteiger partial charge in [0.2, 0.25) is 0 Å². The van der Waals surface area contributed by atoms with Crippen LogP contribution in [0.15, 0.2) is 121 Å². The minimum atomic E-state index is -0.0211. The number of rotatable bonds is 32. The number of nitrogens with zero attached hydrogens (tertiary/aromatic N) is 2. The van der Waals surface area contributed by atoms with Gasteiger partial charge in [-0.3, -0.25) is 9.59 Å². The van der Waals surface area contributed by atoms with Crippen molar-refractivity contribution in [3.05, 3.63) is 132 Å². The van der Waals surface area contributed by atoms with Crippen LogP contribution in [0.25, 0.3) is 22.3 Å². The zero-order chi connectivity index (χ0) is 47.2. The molecule has 5 aromatic rings. The SMILES string of the molecule is CCCCCCCCN(C(=O)c1ccc(-c2ccc(OCCCCC3CO3)cc2)cc1)c1ccc(N(CCCCCCCC)C(=O)c2ccc(-c3ccc(OCCCCC4CO4)cc3)cc2)cc1. The monoisotopic (exact) mass is 921 g/mol. The summed E-state index contributed by atoms with van der Waals surface area (Å²) in [6, 6.07) is 40.4. The van der Waals surface area contributed by atoms with Crippen molar-refractivity contribution < 1.29 is 28.5 Å². The largest absolute Gasteiger partial charge is 0.494 e. The average Bonchev–Trinajstić information content (AvgIpc) is 4.34. The Morgan fingerprint density at radius 1 is 0.426 bits per heavy atom. The van der Waals surface area contributed by atoms with Gasteiger partial charge in [0, 0.05) is 35.6 Å². The van der Waals surface area contributed by atoms with Crippen LogP contribution >= 0.6 is 0 Å². The maximum Gasteiger partial charge on any atom is 0.258 e. The number of amides is 2. The average molecular weight is 921 g/mol. The third-order valence-corrected chi connectivity index (χ3v) is 13.3. The first-order valence-electron chi connectivity index (χ1n) is 26.1. The summed E-state index contributed by atoms with van der Waals surface area (Å²) in [7, 11) is 0. The summed E-state index contributed by atoms with van der Waals surface area (Å²) in [4.78, 5) is 32.7. The van der Waals surface area contributed by atoms with E-state index in [0.717, 1.165) is 135 Å². The Morgan fingerprint density at radius 3 is 1.09 bits per heavy atom. The Kier molecular flexibility index (Phi) is 20.4. The van der Waals surface area contributed by atoms with Crippen LogP contribution < -0.4 is 19.3 Å². The molecule has 2 aliphatic rings. The first-order valence-corrected chi connectivity index (χ1v) is 26.1. The second-order valence-corrected chi connectivity index (χ2v) is 18.8. The fourth-order valence-electron chi connectivity index (χ4n) is 8.82. The highest BCUT2D eigenvalue weighted by atomic mass is 16.6. The molecule has 7 rings (SSSR count). The molecule has 0 saturated carbocycles. The number of ether oxygens (including phenoxy) is 4. The lowest BCUT2D eigenvalue weighted by Gasteiger charge is -2.26. The fraction of sp³-hybridized carbons (Fsp3) is 0.467. The molecule has 0 aromatic heterocycles. The van der Waals surface area contributed by atoms with E-state index >= 15 is 0 Å². The molecule has 2 fully saturated rings. The van der Waals surface area contributed by atoms with Gasteiger partial charge in [-0.05, 0) is 146 Å². The summed E-state index contributed by atoms with van der Waals surface area (Å²) < 4.78 is 22.6. The smallest absolute Gasteiger partial charge is 0.258 e. The van der Waals surface area contributed by atoms with Gasteiger partial charge in [0.25, 0.3) is 11.8 Å². The van der Waals surface area contributed by atoms with E-state index in [0.29, 0.717) is 49.6 Å². The molecule has 0 N–H and O–H groups in total. The first kappa shape index (κ1) is 50.4. The Bertz CT molecular complexity index is 2060. The van der Waals surface area contributed by atoms with Gasteiger partial charge in [0.15, 0.2) is 0 Å². The highest BCUT2D eigenvalue weighted by Crippen LogP contribution is 2.29. The first-order chi connectivity index (χ1) is 33.5. The Labute approximate surface area is 407 Å². The van der Waals surface area contributed by atoms with Gasteiger partial charge in [0.05, 0.1) is 38.6 Å². The normalized spacial score (nSPS) is 14.9. The molecule has 8 nitrogen and oxygen atoms in total. The molecule has 0 radical (unpaired) electrons. The molecule has 2 amide bonds. The van der Waals surface area contributed by atoms with E-state index < -0.39 is 0 Å². The number of hydrogen-bond acceptors (Lipinski definition) is 6. The van der Waals surface area contributed by atoms with Crippen molar-refractivity contribution in [3.63, 3.8) is 0 Å². The topological polar surface area (TPSA) is 84.1 Å². The number of carbonyl (C=O) groups excluding carboxylic acids is 2. The number of epoxide rings is 2. The molecule has 0 spiro atoms. The summed E-state index contributed by atoms with van der Waals surface area (Å²) in [5.74, 6) is 1.70. The summed E-state index contributed by atoms with van der Waals surface area (Å²) >= 11 is 0. The lowest BCUT2D eigenvalue weighted by atomic mass is 10.0. The van der Waals surface area contributed by atoms with Gasteiger partial charge in [0.1, 0.15) is 11.5 Å². The fourth-order valence-corrected chi connectivity index (χ4v) is 8.82. The summed E-state index contributed by atoms with van der Waals surface area (Å²) in [5, 5.41) is 0. The number of anilines is 2. The second kappa shape index (κ2) is 27.5. The van der Waals surface area contributed by atoms with Crippen molar-refractivity contribution in [1.82, 2.24) is 0 Å². The van der Waals surface area contributed by atoms with Gasteiger partial charge < -0.3 is 28.7 Å². The molecule has 8 heteroatoms. The molecule has 0 aliphatic carbocycles. The molecule has 0 bridgehead atoms. The van der Waals surface area contributed by atoms with E-state index in [1.807, 2.05) is 107 Å². The molecular formula is C60H76N2O6. The highest BCUT2D eigenvalue weighted by molar-refractivity contribution is 6.08. The maximum absolute atomic E-state index is 14.4. The number of hydrogen-bond donors (Lipinski definition) is 0. The van der Waals surface area contributed by atoms with Crippen molar-refractivity contribution in [2.75, 3.05) is 49.3 Å². The summed E-state index contributed by atoms with van der Waals surface area (Å²) in [6.45, 7) is 8.96. The molecule has 2 atom stereocenters. The van der Waals surface area contributed by atoms with E-state index in [2.05, 4.69) is 38.1 Å². The lowest BCUT2D eigenvalue weighted by molar-refractivity contribution is 0.0978. The zero-order valence-electron chi connectivity index (χ0n) is 41.0. The predicted octanol–water partition coefficient (Wildman–Crippen LogP) is 14.9. The van der Waals surface area contributed by atoms with E-state index in [4.69, 9.17) is 18.9 Å². The zero-order valence-corrected chi connectivity index (χ0v) is 41.0. The lowest BCUT2D eigenvalue weighted by Crippen LogP contribution is -2.33. The van der Waals surface area contributed by atoms with Crippen LogP contribution in [0.3, 0.4) is 0 Å². The maximum atomic E-state index is 14.4. The third kappa shape index (κ3) is 16.4. The third-order valence-electron chi connectivity index (χ3n) is 13.3. The number of benzene rings is 5. The number of unbranched alkanes of at least 4 members (excludes halogenated alkanes) is 12. The van der Waals surface area contributed by atoms with Crippen LogP contribution in [0.4, 0.5) is 11.4 Å². The Balaban J connectivity index is 1.01. The van der Waals surface area contributed by atoms with Crippen molar-refractivity contribution in [3.8, 4) is 33.8 Å². The molecule has 68 heavy (non-hydrogen) atoms. The number of carbonyl (C=O) groups is 2. The quantitative estimate of drug-likeness (QED) is 0.0316. The van der Waals surface area contributed by atoms with Crippen molar-refractivity contribution >= 4 is 23.2 Å². The summed E-state index contributed by atoms with van der Waals surface area (Å²) in [5.41, 5.74) is 7.24. The summed E-state index contributed by atoms with van der Waals surface area (Å²) in [6.07, 6.45) is 21.1. The standard InChI is InChI=1S/C60H76N2O6/c1-3-5-7-9-11-15-41-61(59(63)51-25-21-47(22-26-51)49-29-37-55(38-30-49)65-43-17-13-19-57-45-67-57)53-33-35-54(36-34-53)62(42-16-12-10-8-6-4-2)60(64)52-27-23-48(24-28-52)50-31-39-56(40-32-50)66-44-18-14-20-58-46-68-58/h21-40,57-58H,3-20,41-46H2,1-2H3. The van der Waals surface area contributed by atoms with Crippen molar-refractivity contribution in [2.24, 2.45) is 0 Å². The molecule has 5 aromatic carbocycles. The molecule has 2 saturated heterocycles. The van der Waals surface area contributed by atoms with E-state index in [1.54, 1.807) is 0 Å². The van der Waals surface area contributed by atoms with Gasteiger partial charge in [-0.15, -0.1) is 0 Å². The molecule has 2 heterocycles. The van der Waals surface area contributed by atoms with Crippen molar-refractivity contribution in [2.45, 2.75) is 142 Å². The highest BCUT2D eigenvalue weighted by Gasteiger charge is 2.23. The van der Waals surface area contributed by atoms with E-state index in [1.165, 1.54) is 38.5 Å². The van der Waals surface area contributed by atoms with E-state index in [-0.39, 0.29) is 11.8 Å². The minimum Gasteiger partial charge on any atom is -0.494 e. The van der Waals surface area contributed by atoms with Gasteiger partial charge in [-0.25, -0.2) is 0 Å². The van der Waals surface area contributed by atoms with Gasteiger partial charge >= 0.3 is 0 Å². The van der Waals surface area contributed by atoms with Crippen LogP contribution in [-0.4, -0.2) is 63.5 Å². The van der Waals surface area contributed by atoms with E-state index in [9.17, 15) is 9.59 Å². The van der Waals surface area contributed by atoms with Crippen molar-refractivity contribution in [1.29, 1.82) is 0 Å². The van der Waals surface area contributed by atoms with Crippen LogP contribution in [-0.2, 0) is 9.47 Å². The minimum absolute atomic E-state index is 0.0211. The molecular weight excluding hydrogens is 845 g/mol. The Morgan fingerprint density at radius 2 is 0.750 bits per heavy atom. The molecule has 2 unspecified atom stereocenters.